The number of nitrogens with zero attached hydrogens (tertiary/aromatic N) is 5. The molecule has 0 spiro atoms. The number of hydrogen-bond acceptors (Lipinski definition) is 9. The van der Waals surface area contributed by atoms with Crippen LogP contribution < -0.4 is 4.90 Å². The van der Waals surface area contributed by atoms with Crippen molar-refractivity contribution in [2.24, 2.45) is 16.9 Å². The predicted octanol–water partition coefficient (Wildman–Crippen LogP) is 2.10. The molecule has 0 aromatic heterocycles. The minimum Gasteiger partial charge on any atom is -0.292 e. The number of anilines is 1. The van der Waals surface area contributed by atoms with Gasteiger partial charge < -0.3 is 0 Å². The van der Waals surface area contributed by atoms with Crippen LogP contribution in [0.3, 0.4) is 0 Å². The molecular formula is C22H15N5O7. The molecule has 0 aliphatic carbocycles. The number of rotatable bonds is 5. The fourth-order valence-electron chi connectivity index (χ4n) is 4.76. The van der Waals surface area contributed by atoms with E-state index in [-0.39, 0.29) is 22.6 Å². The first-order valence-electron chi connectivity index (χ1n) is 10.2. The second-order valence-electron chi connectivity index (χ2n) is 7.97. The summed E-state index contributed by atoms with van der Waals surface area (Å²) in [6.45, 7) is 0. The molecule has 0 radical (unpaired) electrons. The molecular weight excluding hydrogens is 446 g/mol. The number of nitro benzene ring substituents is 2. The van der Waals surface area contributed by atoms with Gasteiger partial charge in [-0.2, -0.15) is 5.10 Å². The van der Waals surface area contributed by atoms with Crippen LogP contribution in [0.4, 0.5) is 17.1 Å². The average Bonchev–Trinajstić information content (AvgIpc) is 3.31. The molecule has 2 aromatic carbocycles. The molecule has 3 heterocycles. The number of nitro groups is 2. The zero-order chi connectivity index (χ0) is 24.1. The van der Waals surface area contributed by atoms with Gasteiger partial charge in [0.05, 0.1) is 33.4 Å². The summed E-state index contributed by atoms with van der Waals surface area (Å²) in [5, 5.41) is 27.8. The van der Waals surface area contributed by atoms with Gasteiger partial charge in [-0.25, -0.2) is 4.90 Å². The van der Waals surface area contributed by atoms with Crippen LogP contribution in [0.2, 0.25) is 0 Å². The molecule has 0 bridgehead atoms. The molecule has 3 aliphatic rings. The largest absolute Gasteiger partial charge is 0.292 e. The van der Waals surface area contributed by atoms with Gasteiger partial charge in [0.25, 0.3) is 11.4 Å². The molecule has 12 heteroatoms. The summed E-state index contributed by atoms with van der Waals surface area (Å²) in [6.07, 6.45) is 4.73. The number of Topliss-reactive ketones (excluding diaryl/α,β-unsaturated/α-hetero) is 1. The molecule has 0 N–H and O–H groups in total. The lowest BCUT2D eigenvalue weighted by Crippen LogP contribution is -2.46. The first-order chi connectivity index (χ1) is 16.3. The van der Waals surface area contributed by atoms with Crippen molar-refractivity contribution in [3.05, 3.63) is 86.5 Å². The number of benzene rings is 2. The number of allylic oxidation sites excluding steroid dienone is 1. The van der Waals surface area contributed by atoms with Crippen molar-refractivity contribution in [3.8, 4) is 0 Å². The second kappa shape index (κ2) is 7.69. The van der Waals surface area contributed by atoms with Gasteiger partial charge in [0.1, 0.15) is 6.04 Å². The number of hydrazone groups is 1. The lowest BCUT2D eigenvalue weighted by Gasteiger charge is -2.30. The molecule has 170 valence electrons. The summed E-state index contributed by atoms with van der Waals surface area (Å²) in [6, 6.07) is 8.33. The highest BCUT2D eigenvalue weighted by molar-refractivity contribution is 6.24. The molecule has 34 heavy (non-hydrogen) atoms. The third-order valence-corrected chi connectivity index (χ3v) is 6.22. The lowest BCUT2D eigenvalue weighted by molar-refractivity contribution is -0.385. The maximum absolute atomic E-state index is 13.5. The lowest BCUT2D eigenvalue weighted by atomic mass is 9.86. The minimum absolute atomic E-state index is 0.0254. The Labute approximate surface area is 191 Å². The third kappa shape index (κ3) is 3.07. The van der Waals surface area contributed by atoms with Crippen molar-refractivity contribution < 1.29 is 24.2 Å². The average molecular weight is 461 g/mol. The van der Waals surface area contributed by atoms with Crippen LogP contribution in [-0.2, 0) is 9.59 Å². The third-order valence-electron chi connectivity index (χ3n) is 6.22. The van der Waals surface area contributed by atoms with Gasteiger partial charge in [-0.05, 0) is 18.2 Å². The molecule has 3 aliphatic heterocycles. The molecule has 4 atom stereocenters. The van der Waals surface area contributed by atoms with Crippen molar-refractivity contribution in [2.45, 2.75) is 12.1 Å². The number of non-ortho nitro benzene ring substituents is 2. The fourth-order valence-corrected chi connectivity index (χ4v) is 4.76. The summed E-state index contributed by atoms with van der Waals surface area (Å²) in [7, 11) is 0. The highest BCUT2D eigenvalue weighted by Crippen LogP contribution is 2.46. The number of hydrogen-bond donors (Lipinski definition) is 0. The van der Waals surface area contributed by atoms with Gasteiger partial charge >= 0.3 is 0 Å². The quantitative estimate of drug-likeness (QED) is 0.284. The smallest absolute Gasteiger partial charge is 0.270 e. The fraction of sp³-hybridized carbons (Fsp3) is 0.182. The summed E-state index contributed by atoms with van der Waals surface area (Å²) >= 11 is 0. The van der Waals surface area contributed by atoms with E-state index in [0.717, 1.165) is 11.0 Å². The van der Waals surface area contributed by atoms with E-state index >= 15 is 0 Å². The van der Waals surface area contributed by atoms with Crippen molar-refractivity contribution in [2.75, 3.05) is 4.90 Å². The van der Waals surface area contributed by atoms with Crippen molar-refractivity contribution in [3.63, 3.8) is 0 Å². The van der Waals surface area contributed by atoms with Crippen LogP contribution in [0.25, 0.3) is 0 Å². The Morgan fingerprint density at radius 3 is 2.26 bits per heavy atom. The van der Waals surface area contributed by atoms with Crippen LogP contribution in [0.15, 0.2) is 65.8 Å². The topological polar surface area (TPSA) is 156 Å². The monoisotopic (exact) mass is 461 g/mol. The molecule has 0 unspecified atom stereocenters. The van der Waals surface area contributed by atoms with E-state index in [4.69, 9.17) is 0 Å². The SMILES string of the molecule is O=C(c1cccc([N+](=O)[O-])c1)[C@H]1[C@H]2C(=O)N(c3ccc([N+](=O)[O-])cc3)C(=O)[C@@H]2[C@H]2C=CC=NN21. The summed E-state index contributed by atoms with van der Waals surface area (Å²) in [4.78, 5) is 62.2. The molecule has 0 saturated carbocycles. The van der Waals surface area contributed by atoms with Crippen molar-refractivity contribution in [1.29, 1.82) is 0 Å². The van der Waals surface area contributed by atoms with Gasteiger partial charge in [-0.3, -0.25) is 39.6 Å². The zero-order valence-corrected chi connectivity index (χ0v) is 17.3. The number of carbonyl (C=O) groups excluding carboxylic acids is 3. The first-order valence-corrected chi connectivity index (χ1v) is 10.2. The van der Waals surface area contributed by atoms with E-state index in [1.54, 1.807) is 12.2 Å². The van der Waals surface area contributed by atoms with E-state index in [1.165, 1.54) is 53.7 Å². The number of ketones is 1. The van der Waals surface area contributed by atoms with E-state index in [0.29, 0.717) is 0 Å². The number of fused-ring (bicyclic) bond motifs is 3. The maximum atomic E-state index is 13.5. The second-order valence-corrected chi connectivity index (χ2v) is 7.97. The van der Waals surface area contributed by atoms with Crippen LogP contribution >= 0.6 is 0 Å². The highest BCUT2D eigenvalue weighted by atomic mass is 16.6. The molecule has 5 rings (SSSR count). The maximum Gasteiger partial charge on any atom is 0.270 e. The number of carbonyl (C=O) groups is 3. The van der Waals surface area contributed by atoms with Crippen LogP contribution in [-0.4, -0.2) is 50.8 Å². The standard InChI is InChI=1S/C22H15N5O7/c28-20(12-3-1-4-15(11-12)27(33)34)19-18-17(16-5-2-10-23-25(16)19)21(29)24(22(18)30)13-6-8-14(9-7-13)26(31)32/h1-11,16-19H/t16-,17-,18+,19-/m1/s1. The van der Waals surface area contributed by atoms with Crippen LogP contribution in [0, 0.1) is 32.1 Å². The van der Waals surface area contributed by atoms with Gasteiger partial charge in [-0.15, -0.1) is 0 Å². The number of imide groups is 1. The summed E-state index contributed by atoms with van der Waals surface area (Å²) in [5.41, 5.74) is -0.290. The van der Waals surface area contributed by atoms with Gasteiger partial charge in [0.2, 0.25) is 11.8 Å². The molecule has 2 aromatic rings. The Kier molecular flexibility index (Phi) is 4.78. The summed E-state index contributed by atoms with van der Waals surface area (Å²) in [5.74, 6) is -3.75. The Bertz CT molecular complexity index is 1320. The highest BCUT2D eigenvalue weighted by Gasteiger charge is 2.64. The summed E-state index contributed by atoms with van der Waals surface area (Å²) < 4.78 is 0. The predicted molar refractivity (Wildman–Crippen MR) is 117 cm³/mol. The first kappa shape index (κ1) is 21.1. The van der Waals surface area contributed by atoms with E-state index in [1.807, 2.05) is 0 Å². The normalized spacial score (nSPS) is 24.8. The Balaban J connectivity index is 1.55. The van der Waals surface area contributed by atoms with E-state index < -0.39 is 51.4 Å². The molecule has 2 fully saturated rings. The minimum atomic E-state index is -1.15. The Morgan fingerprint density at radius 1 is 0.912 bits per heavy atom. The number of amides is 2. The zero-order valence-electron chi connectivity index (χ0n) is 17.3. The van der Waals surface area contributed by atoms with E-state index in [9.17, 15) is 34.6 Å². The Hall–Kier alpha value is -4.74. The molecule has 2 saturated heterocycles. The van der Waals surface area contributed by atoms with Crippen molar-refractivity contribution >= 4 is 40.9 Å². The van der Waals surface area contributed by atoms with Crippen LogP contribution in [0.5, 0.6) is 0 Å². The van der Waals surface area contributed by atoms with Gasteiger partial charge in [0, 0.05) is 36.0 Å². The van der Waals surface area contributed by atoms with Crippen molar-refractivity contribution in [1.82, 2.24) is 5.01 Å². The van der Waals surface area contributed by atoms with Gasteiger partial charge in [-0.1, -0.05) is 18.2 Å². The van der Waals surface area contributed by atoms with Crippen LogP contribution in [0.1, 0.15) is 10.4 Å². The molecule has 2 amide bonds. The van der Waals surface area contributed by atoms with Gasteiger partial charge in [0.15, 0.2) is 5.78 Å². The molecule has 12 nitrogen and oxygen atoms in total. The van der Waals surface area contributed by atoms with E-state index in [2.05, 4.69) is 5.10 Å². The Morgan fingerprint density at radius 2 is 1.59 bits per heavy atom.